The van der Waals surface area contributed by atoms with E-state index in [-0.39, 0.29) is 18.5 Å². The van der Waals surface area contributed by atoms with Crippen molar-refractivity contribution in [3.8, 4) is 0 Å². The number of hydrogen-bond donors (Lipinski definition) is 6. The minimum Gasteiger partial charge on any atom is -0.466 e. The van der Waals surface area contributed by atoms with E-state index >= 15 is 0 Å². The molecule has 7 atom stereocenters. The third-order valence-electron chi connectivity index (χ3n) is 14.2. The van der Waals surface area contributed by atoms with Crippen LogP contribution in [0.1, 0.15) is 277 Å². The van der Waals surface area contributed by atoms with E-state index in [2.05, 4.69) is 43.5 Å². The van der Waals surface area contributed by atoms with E-state index < -0.39 is 49.5 Å². The molecule has 1 rings (SSSR count). The van der Waals surface area contributed by atoms with Crippen LogP contribution in [0.4, 0.5) is 0 Å². The lowest BCUT2D eigenvalue weighted by Crippen LogP contribution is -2.60. The van der Waals surface area contributed by atoms with Crippen LogP contribution in [0.3, 0.4) is 0 Å². The molecule has 0 aromatic carbocycles. The quantitative estimate of drug-likeness (QED) is 0.0195. The van der Waals surface area contributed by atoms with Crippen molar-refractivity contribution in [1.29, 1.82) is 0 Å². The first-order valence-electron chi connectivity index (χ1n) is 30.3. The van der Waals surface area contributed by atoms with E-state index in [9.17, 15) is 35.1 Å². The predicted octanol–water partition coefficient (Wildman–Crippen LogP) is 13.9. The molecule has 1 fully saturated rings. The molecule has 11 heteroatoms. The van der Waals surface area contributed by atoms with Gasteiger partial charge < -0.3 is 45.1 Å². The minimum absolute atomic E-state index is 0.00533. The summed E-state index contributed by atoms with van der Waals surface area (Å²) >= 11 is 0. The molecule has 0 bridgehead atoms. The number of esters is 1. The van der Waals surface area contributed by atoms with Gasteiger partial charge in [0.15, 0.2) is 6.29 Å². The van der Waals surface area contributed by atoms with Gasteiger partial charge in [0.2, 0.25) is 5.91 Å². The molecule has 0 saturated carbocycles. The van der Waals surface area contributed by atoms with Gasteiger partial charge >= 0.3 is 5.97 Å². The fourth-order valence-corrected chi connectivity index (χ4v) is 9.41. The average Bonchev–Trinajstić information content (AvgIpc) is 3.38. The zero-order valence-electron chi connectivity index (χ0n) is 46.4. The highest BCUT2D eigenvalue weighted by Crippen LogP contribution is 2.23. The predicted molar refractivity (Wildman–Crippen MR) is 297 cm³/mol. The average molecular weight is 1020 g/mol. The Bertz CT molecular complexity index is 1290. The maximum Gasteiger partial charge on any atom is 0.305 e. The zero-order chi connectivity index (χ0) is 52.4. The van der Waals surface area contributed by atoms with Crippen molar-refractivity contribution in [1.82, 2.24) is 5.32 Å². The summed E-state index contributed by atoms with van der Waals surface area (Å²) in [5.41, 5.74) is 0. The lowest BCUT2D eigenvalue weighted by Gasteiger charge is -2.40. The molecule has 11 nitrogen and oxygen atoms in total. The topological polar surface area (TPSA) is 175 Å². The molecule has 0 aromatic heterocycles. The molecule has 0 spiro atoms. The summed E-state index contributed by atoms with van der Waals surface area (Å²) in [5.74, 6) is -0.199. The summed E-state index contributed by atoms with van der Waals surface area (Å²) in [6.07, 6.45) is 52.5. The second-order valence-corrected chi connectivity index (χ2v) is 21.1. The number of carbonyl (C=O) groups is 2. The van der Waals surface area contributed by atoms with Crippen molar-refractivity contribution in [2.75, 3.05) is 19.8 Å². The summed E-state index contributed by atoms with van der Waals surface area (Å²) < 4.78 is 16.7. The number of rotatable bonds is 52. The Kier molecular flexibility index (Phi) is 48.1. The first-order chi connectivity index (χ1) is 35.2. The largest absolute Gasteiger partial charge is 0.466 e. The van der Waals surface area contributed by atoms with Crippen molar-refractivity contribution in [3.05, 3.63) is 36.5 Å². The lowest BCUT2D eigenvalue weighted by atomic mass is 9.99. The molecule has 0 aromatic rings. The summed E-state index contributed by atoms with van der Waals surface area (Å²) in [6, 6.07) is -0.816. The zero-order valence-corrected chi connectivity index (χ0v) is 46.4. The van der Waals surface area contributed by atoms with Gasteiger partial charge in [-0.3, -0.25) is 9.59 Å². The SMILES string of the molecule is CCCCCCCCCC/C=C/C(O)C(COC1OC(CO)C(O)C(O)C1O)NC(=O)CCCCCCCCC/C=C\C/C=C\CCCCCCCCCCCOC(=O)CCCCCCCCCCCCC. The van der Waals surface area contributed by atoms with Gasteiger partial charge in [0, 0.05) is 12.8 Å². The second-order valence-electron chi connectivity index (χ2n) is 21.1. The molecule has 1 saturated heterocycles. The third kappa shape index (κ3) is 40.2. The van der Waals surface area contributed by atoms with Crippen LogP contribution >= 0.6 is 0 Å². The van der Waals surface area contributed by atoms with Crippen LogP contribution in [0.25, 0.3) is 0 Å². The summed E-state index contributed by atoms with van der Waals surface area (Å²) in [5, 5.41) is 54.2. The van der Waals surface area contributed by atoms with Gasteiger partial charge in [-0.2, -0.15) is 0 Å². The number of aliphatic hydroxyl groups excluding tert-OH is 5. The summed E-state index contributed by atoms with van der Waals surface area (Å²) in [6.45, 7) is 4.31. The molecule has 0 aliphatic carbocycles. The third-order valence-corrected chi connectivity index (χ3v) is 14.2. The van der Waals surface area contributed by atoms with E-state index in [4.69, 9.17) is 14.2 Å². The molecule has 7 unspecified atom stereocenters. The number of aliphatic hydroxyl groups is 5. The van der Waals surface area contributed by atoms with E-state index in [1.807, 2.05) is 6.08 Å². The molecule has 0 radical (unpaired) electrons. The fraction of sp³-hybridized carbons (Fsp3) is 0.869. The Morgan fingerprint density at radius 3 is 1.40 bits per heavy atom. The number of amides is 1. The Hall–Kier alpha value is -2.12. The van der Waals surface area contributed by atoms with Gasteiger partial charge in [-0.05, 0) is 64.2 Å². The smallest absolute Gasteiger partial charge is 0.305 e. The van der Waals surface area contributed by atoms with Gasteiger partial charge in [0.05, 0.1) is 32.0 Å². The van der Waals surface area contributed by atoms with E-state index in [0.29, 0.717) is 19.4 Å². The molecule has 1 heterocycles. The highest BCUT2D eigenvalue weighted by Gasteiger charge is 2.44. The summed E-state index contributed by atoms with van der Waals surface area (Å²) in [4.78, 5) is 25.0. The second kappa shape index (κ2) is 51.0. The number of hydrogen-bond acceptors (Lipinski definition) is 10. The standard InChI is InChI=1S/C61H113NO10/c1-3-5-7-9-11-13-28-33-37-41-45-49-57(66)70-50-46-42-38-34-30-27-25-23-21-19-17-15-16-18-20-22-24-26-29-32-36-40-44-48-56(65)62-53(52-71-61-60(69)59(68)58(67)55(51-63)72-61)54(64)47-43-39-35-31-14-12-10-8-6-4-2/h15,17-18,20,43,47,53-55,58-61,63-64,67-69H,3-14,16,19,21-42,44-46,48-52H2,1-2H3,(H,62,65)/b17-15-,20-18-,47-43+. The van der Waals surface area contributed by atoms with Crippen molar-refractivity contribution in [3.63, 3.8) is 0 Å². The van der Waals surface area contributed by atoms with Gasteiger partial charge in [0.25, 0.3) is 0 Å². The van der Waals surface area contributed by atoms with Crippen LogP contribution in [0, 0.1) is 0 Å². The highest BCUT2D eigenvalue weighted by molar-refractivity contribution is 5.76. The fourth-order valence-electron chi connectivity index (χ4n) is 9.41. The number of unbranched alkanes of at least 4 members (excludes halogenated alkanes) is 34. The van der Waals surface area contributed by atoms with Crippen molar-refractivity contribution >= 4 is 11.9 Å². The van der Waals surface area contributed by atoms with Crippen LogP contribution < -0.4 is 5.32 Å². The van der Waals surface area contributed by atoms with E-state index in [1.165, 1.54) is 167 Å². The summed E-state index contributed by atoms with van der Waals surface area (Å²) in [7, 11) is 0. The molecular weight excluding hydrogens is 907 g/mol. The van der Waals surface area contributed by atoms with Gasteiger partial charge in [0.1, 0.15) is 24.4 Å². The van der Waals surface area contributed by atoms with Crippen LogP contribution in [0.2, 0.25) is 0 Å². The molecular formula is C61H113NO10. The van der Waals surface area contributed by atoms with Gasteiger partial charge in [-0.15, -0.1) is 0 Å². The molecule has 1 amide bonds. The number of carbonyl (C=O) groups excluding carboxylic acids is 2. The molecule has 422 valence electrons. The van der Waals surface area contributed by atoms with Crippen LogP contribution in [0.5, 0.6) is 0 Å². The van der Waals surface area contributed by atoms with E-state index in [1.54, 1.807) is 6.08 Å². The number of allylic oxidation sites excluding steroid dienone is 5. The first kappa shape index (κ1) is 67.9. The van der Waals surface area contributed by atoms with Crippen LogP contribution in [-0.2, 0) is 23.8 Å². The molecule has 6 N–H and O–H groups in total. The van der Waals surface area contributed by atoms with Crippen molar-refractivity contribution in [2.45, 2.75) is 320 Å². The Morgan fingerprint density at radius 2 is 0.931 bits per heavy atom. The lowest BCUT2D eigenvalue weighted by molar-refractivity contribution is -0.302. The highest BCUT2D eigenvalue weighted by atomic mass is 16.7. The monoisotopic (exact) mass is 1020 g/mol. The Labute approximate surface area is 441 Å². The number of ether oxygens (including phenoxy) is 3. The van der Waals surface area contributed by atoms with Crippen molar-refractivity contribution in [2.24, 2.45) is 0 Å². The molecule has 1 aliphatic heterocycles. The Balaban J connectivity index is 2.05. The Morgan fingerprint density at radius 1 is 0.514 bits per heavy atom. The van der Waals surface area contributed by atoms with E-state index in [0.717, 1.165) is 83.5 Å². The number of nitrogens with one attached hydrogen (secondary N) is 1. The van der Waals surface area contributed by atoms with Crippen LogP contribution in [-0.4, -0.2) is 100 Å². The first-order valence-corrected chi connectivity index (χ1v) is 30.3. The maximum atomic E-state index is 13.0. The van der Waals surface area contributed by atoms with Gasteiger partial charge in [-0.25, -0.2) is 0 Å². The normalized spacial score (nSPS) is 19.2. The molecule has 72 heavy (non-hydrogen) atoms. The van der Waals surface area contributed by atoms with Crippen molar-refractivity contribution < 1.29 is 49.3 Å². The van der Waals surface area contributed by atoms with Crippen LogP contribution in [0.15, 0.2) is 36.5 Å². The molecule has 1 aliphatic rings. The van der Waals surface area contributed by atoms with Gasteiger partial charge in [-0.1, -0.05) is 237 Å². The minimum atomic E-state index is -1.57. The maximum absolute atomic E-state index is 13.0.